The molecule has 0 radical (unpaired) electrons. The summed E-state index contributed by atoms with van der Waals surface area (Å²) in [6.45, 7) is 9.40. The van der Waals surface area contributed by atoms with Crippen LogP contribution in [0, 0.1) is 0 Å². The van der Waals surface area contributed by atoms with E-state index in [1.54, 1.807) is 0 Å². The molecule has 1 heterocycles. The number of nitrogens with zero attached hydrogens (tertiary/aromatic N) is 1. The minimum atomic E-state index is -0.120. The molecule has 0 fully saturated rings. The van der Waals surface area contributed by atoms with E-state index in [9.17, 15) is 0 Å². The van der Waals surface area contributed by atoms with Crippen LogP contribution in [0.4, 0.5) is 17.1 Å². The van der Waals surface area contributed by atoms with Crippen molar-refractivity contribution >= 4 is 39.0 Å². The third-order valence-electron chi connectivity index (χ3n) is 13.9. The van der Waals surface area contributed by atoms with E-state index in [1.165, 1.54) is 72.4 Å². The molecule has 10 aromatic rings. The Morgan fingerprint density at radius 1 is 0.339 bits per heavy atom. The quantitative estimate of drug-likeness (QED) is 0.167. The molecule has 0 amide bonds. The number of para-hydroxylation sites is 1. The summed E-state index contributed by atoms with van der Waals surface area (Å²) in [6, 6.07) is 73.7. The van der Waals surface area contributed by atoms with Crippen molar-refractivity contribution < 1.29 is 4.42 Å². The van der Waals surface area contributed by atoms with E-state index in [4.69, 9.17) is 4.42 Å². The van der Waals surface area contributed by atoms with Gasteiger partial charge in [0.2, 0.25) is 0 Å². The third kappa shape index (κ3) is 5.49. The van der Waals surface area contributed by atoms with E-state index in [0.717, 1.165) is 44.4 Å². The van der Waals surface area contributed by atoms with E-state index in [0.29, 0.717) is 0 Å². The number of anilines is 3. The topological polar surface area (TPSA) is 16.4 Å². The Morgan fingerprint density at radius 2 is 0.887 bits per heavy atom. The van der Waals surface area contributed by atoms with E-state index in [1.807, 2.05) is 12.1 Å². The van der Waals surface area contributed by atoms with Crippen LogP contribution >= 0.6 is 0 Å². The van der Waals surface area contributed by atoms with Gasteiger partial charge < -0.3 is 9.32 Å². The highest BCUT2D eigenvalue weighted by atomic mass is 16.3. The van der Waals surface area contributed by atoms with Crippen LogP contribution in [0.1, 0.15) is 49.9 Å². The van der Waals surface area contributed by atoms with Crippen LogP contribution in [0.5, 0.6) is 0 Å². The van der Waals surface area contributed by atoms with Crippen molar-refractivity contribution in [2.45, 2.75) is 38.5 Å². The molecule has 2 aliphatic rings. The summed E-state index contributed by atoms with van der Waals surface area (Å²) in [7, 11) is 0. The molecular formula is C60H45NO. The van der Waals surface area contributed by atoms with Gasteiger partial charge in [0.25, 0.3) is 0 Å². The highest BCUT2D eigenvalue weighted by molar-refractivity contribution is 6.06. The zero-order valence-electron chi connectivity index (χ0n) is 35.4. The van der Waals surface area contributed by atoms with Gasteiger partial charge in [0.15, 0.2) is 0 Å². The fourth-order valence-corrected chi connectivity index (χ4v) is 10.7. The number of furan rings is 1. The fraction of sp³-hybridized carbons (Fsp3) is 0.100. The van der Waals surface area contributed by atoms with Gasteiger partial charge in [-0.25, -0.2) is 0 Å². The molecule has 2 heteroatoms. The molecule has 0 spiro atoms. The largest absolute Gasteiger partial charge is 0.456 e. The minimum absolute atomic E-state index is 0.0143. The molecule has 0 unspecified atom stereocenters. The molecule has 0 aliphatic heterocycles. The SMILES string of the molecule is CC1(C)c2ccccc2-c2cc(-c3cccc(-c4cccc(N(c5ccc(-c6ccc7oc8ccccc8c7c6)cc5)c5cccc6c5-c5ccccc5C6(C)C)c4)c3)ccc21. The van der Waals surface area contributed by atoms with E-state index in [-0.39, 0.29) is 10.8 Å². The van der Waals surface area contributed by atoms with Crippen LogP contribution in [-0.2, 0) is 10.8 Å². The van der Waals surface area contributed by atoms with Crippen molar-refractivity contribution in [1.82, 2.24) is 0 Å². The van der Waals surface area contributed by atoms with Gasteiger partial charge in [-0.3, -0.25) is 0 Å². The summed E-state index contributed by atoms with van der Waals surface area (Å²) in [6.07, 6.45) is 0. The summed E-state index contributed by atoms with van der Waals surface area (Å²) in [5.74, 6) is 0. The smallest absolute Gasteiger partial charge is 0.135 e. The molecule has 2 nitrogen and oxygen atoms in total. The van der Waals surface area contributed by atoms with Crippen molar-refractivity contribution in [3.05, 3.63) is 222 Å². The number of hydrogen-bond acceptors (Lipinski definition) is 2. The molecular weight excluding hydrogens is 751 g/mol. The lowest BCUT2D eigenvalue weighted by Gasteiger charge is -2.29. The monoisotopic (exact) mass is 795 g/mol. The zero-order chi connectivity index (χ0) is 41.7. The predicted octanol–water partition coefficient (Wildman–Crippen LogP) is 16.7. The Kier molecular flexibility index (Phi) is 7.96. The van der Waals surface area contributed by atoms with E-state index in [2.05, 4.69) is 221 Å². The lowest BCUT2D eigenvalue weighted by molar-refractivity contribution is 0.660. The molecule has 0 atom stereocenters. The molecule has 296 valence electrons. The van der Waals surface area contributed by atoms with Gasteiger partial charge in [-0.15, -0.1) is 0 Å². The second kappa shape index (κ2) is 13.5. The first-order valence-electron chi connectivity index (χ1n) is 21.7. The van der Waals surface area contributed by atoms with Gasteiger partial charge in [-0.05, 0) is 133 Å². The summed E-state index contributed by atoms with van der Waals surface area (Å²) in [5, 5.41) is 2.28. The molecule has 0 saturated carbocycles. The van der Waals surface area contributed by atoms with Gasteiger partial charge in [0.05, 0.1) is 5.69 Å². The average Bonchev–Trinajstić information content (AvgIpc) is 3.89. The molecule has 2 aliphatic carbocycles. The van der Waals surface area contributed by atoms with Crippen molar-refractivity contribution in [3.63, 3.8) is 0 Å². The van der Waals surface area contributed by atoms with Crippen molar-refractivity contribution in [1.29, 1.82) is 0 Å². The number of rotatable bonds is 6. The van der Waals surface area contributed by atoms with Crippen LogP contribution in [0.2, 0.25) is 0 Å². The van der Waals surface area contributed by atoms with Crippen LogP contribution < -0.4 is 4.90 Å². The summed E-state index contributed by atoms with van der Waals surface area (Å²) in [5.41, 5.74) is 23.0. The molecule has 0 bridgehead atoms. The highest BCUT2D eigenvalue weighted by Gasteiger charge is 2.38. The second-order valence-corrected chi connectivity index (χ2v) is 18.1. The first-order valence-corrected chi connectivity index (χ1v) is 21.7. The fourth-order valence-electron chi connectivity index (χ4n) is 10.7. The lowest BCUT2D eigenvalue weighted by atomic mass is 9.82. The standard InChI is InChI=1S/C60H45NO/c1-59(2)51-21-8-5-18-46(51)49-36-43(28-32-53(49)59)40-15-11-14-39(34-40)41-16-12-17-45(35-41)61(55-24-13-23-54-58(55)48-20-6-9-22-52(48)60(54,3)4)44-30-26-38(27-31-44)42-29-33-57-50(37-42)47-19-7-10-25-56(47)62-57/h5-37H,1-4H3. The number of benzene rings is 9. The van der Waals surface area contributed by atoms with Crippen molar-refractivity contribution in [3.8, 4) is 55.6 Å². The van der Waals surface area contributed by atoms with Gasteiger partial charge in [-0.1, -0.05) is 167 Å². The van der Waals surface area contributed by atoms with Crippen LogP contribution in [0.3, 0.4) is 0 Å². The Bertz CT molecular complexity index is 3420. The molecule has 12 rings (SSSR count). The minimum Gasteiger partial charge on any atom is -0.456 e. The van der Waals surface area contributed by atoms with E-state index < -0.39 is 0 Å². The number of hydrogen-bond donors (Lipinski definition) is 0. The van der Waals surface area contributed by atoms with Gasteiger partial charge in [0.1, 0.15) is 11.2 Å². The Balaban J connectivity index is 0.972. The van der Waals surface area contributed by atoms with Gasteiger partial charge >= 0.3 is 0 Å². The lowest BCUT2D eigenvalue weighted by Crippen LogP contribution is -2.16. The molecule has 1 aromatic heterocycles. The maximum atomic E-state index is 6.17. The molecule has 62 heavy (non-hydrogen) atoms. The molecule has 9 aromatic carbocycles. The summed E-state index contributed by atoms with van der Waals surface area (Å²) in [4.78, 5) is 2.46. The first-order chi connectivity index (χ1) is 30.2. The highest BCUT2D eigenvalue weighted by Crippen LogP contribution is 2.55. The van der Waals surface area contributed by atoms with E-state index >= 15 is 0 Å². The van der Waals surface area contributed by atoms with Crippen molar-refractivity contribution in [2.75, 3.05) is 4.90 Å². The Labute approximate surface area is 363 Å². The molecule has 0 saturated heterocycles. The maximum Gasteiger partial charge on any atom is 0.135 e. The predicted molar refractivity (Wildman–Crippen MR) is 260 cm³/mol. The first kappa shape index (κ1) is 36.4. The summed E-state index contributed by atoms with van der Waals surface area (Å²) < 4.78 is 6.17. The van der Waals surface area contributed by atoms with Crippen molar-refractivity contribution in [2.24, 2.45) is 0 Å². The second-order valence-electron chi connectivity index (χ2n) is 18.1. The van der Waals surface area contributed by atoms with Gasteiger partial charge in [-0.2, -0.15) is 0 Å². The Morgan fingerprint density at radius 3 is 1.69 bits per heavy atom. The van der Waals surface area contributed by atoms with Gasteiger partial charge in [0, 0.05) is 38.5 Å². The number of fused-ring (bicyclic) bond motifs is 9. The van der Waals surface area contributed by atoms with Crippen LogP contribution in [-0.4, -0.2) is 0 Å². The molecule has 0 N–H and O–H groups in total. The normalized spacial score (nSPS) is 14.1. The maximum absolute atomic E-state index is 6.17. The zero-order valence-corrected chi connectivity index (χ0v) is 35.4. The van der Waals surface area contributed by atoms with Crippen LogP contribution in [0.15, 0.2) is 205 Å². The average molecular weight is 796 g/mol. The summed E-state index contributed by atoms with van der Waals surface area (Å²) >= 11 is 0. The third-order valence-corrected chi connectivity index (χ3v) is 13.9. The Hall–Kier alpha value is -7.42. The van der Waals surface area contributed by atoms with Crippen LogP contribution in [0.25, 0.3) is 77.6 Å².